The smallest absolute Gasteiger partial charge is 0.157 e. The highest BCUT2D eigenvalue weighted by Crippen LogP contribution is 2.18. The first-order chi connectivity index (χ1) is 8.46. The summed E-state index contributed by atoms with van der Waals surface area (Å²) >= 11 is 0. The molecule has 0 spiro atoms. The quantitative estimate of drug-likeness (QED) is 0.382. The summed E-state index contributed by atoms with van der Waals surface area (Å²) in [7, 11) is 0. The summed E-state index contributed by atoms with van der Waals surface area (Å²) in [5, 5.41) is 13.0. The molecule has 0 aliphatic carbocycles. The topological polar surface area (TPSA) is 41.9 Å². The minimum atomic E-state index is -0.0675. The third kappa shape index (κ3) is 3.13. The number of rotatable bonds is 3. The standard InChI is InChI=1S/C15H20N2O/c1-15(2,3)11-17(18)9-8-12-10-16-14-7-5-4-6-13(12)14/h4-7,10-11,16H,8-9H2,1-3H3/b17-11-. The first-order valence-corrected chi connectivity index (χ1v) is 6.30. The maximum atomic E-state index is 11.7. The molecule has 0 saturated carbocycles. The maximum absolute atomic E-state index is 11.7. The third-order valence-corrected chi connectivity index (χ3v) is 2.81. The Balaban J connectivity index is 2.09. The van der Waals surface area contributed by atoms with E-state index in [1.165, 1.54) is 10.9 Å². The Hall–Kier alpha value is -1.77. The van der Waals surface area contributed by atoms with Gasteiger partial charge in [0.25, 0.3) is 0 Å². The second-order valence-electron chi connectivity index (χ2n) is 5.75. The van der Waals surface area contributed by atoms with E-state index in [4.69, 9.17) is 0 Å². The summed E-state index contributed by atoms with van der Waals surface area (Å²) in [6.45, 7) is 6.59. The van der Waals surface area contributed by atoms with Crippen LogP contribution < -0.4 is 0 Å². The number of H-pyrrole nitrogens is 1. The molecule has 2 aromatic rings. The van der Waals surface area contributed by atoms with Crippen molar-refractivity contribution in [3.63, 3.8) is 0 Å². The molecule has 1 aromatic carbocycles. The molecule has 0 amide bonds. The van der Waals surface area contributed by atoms with Crippen molar-refractivity contribution in [2.75, 3.05) is 6.54 Å². The fourth-order valence-corrected chi connectivity index (χ4v) is 2.07. The second-order valence-corrected chi connectivity index (χ2v) is 5.75. The van der Waals surface area contributed by atoms with E-state index in [2.05, 4.69) is 17.1 Å². The van der Waals surface area contributed by atoms with Crippen LogP contribution in [0.3, 0.4) is 0 Å². The van der Waals surface area contributed by atoms with Crippen molar-refractivity contribution in [1.29, 1.82) is 0 Å². The Morgan fingerprint density at radius 2 is 2.00 bits per heavy atom. The van der Waals surface area contributed by atoms with Crippen LogP contribution in [0.25, 0.3) is 10.9 Å². The van der Waals surface area contributed by atoms with E-state index in [1.807, 2.05) is 39.1 Å². The van der Waals surface area contributed by atoms with Crippen molar-refractivity contribution < 1.29 is 4.74 Å². The van der Waals surface area contributed by atoms with Gasteiger partial charge < -0.3 is 10.2 Å². The zero-order valence-corrected chi connectivity index (χ0v) is 11.2. The molecule has 1 N–H and O–H groups in total. The summed E-state index contributed by atoms with van der Waals surface area (Å²) in [6.07, 6.45) is 4.50. The van der Waals surface area contributed by atoms with Crippen LogP contribution in [0.2, 0.25) is 0 Å². The Kier molecular flexibility index (Phi) is 3.41. The molecule has 96 valence electrons. The monoisotopic (exact) mass is 244 g/mol. The number of benzene rings is 1. The van der Waals surface area contributed by atoms with Crippen LogP contribution >= 0.6 is 0 Å². The van der Waals surface area contributed by atoms with Gasteiger partial charge in [0.05, 0.1) is 0 Å². The lowest BCUT2D eigenvalue weighted by Gasteiger charge is -2.12. The van der Waals surface area contributed by atoms with Crippen LogP contribution in [0, 0.1) is 10.6 Å². The predicted octanol–water partition coefficient (Wildman–Crippen LogP) is 3.34. The van der Waals surface area contributed by atoms with Crippen molar-refractivity contribution in [3.8, 4) is 0 Å². The van der Waals surface area contributed by atoms with Crippen molar-refractivity contribution in [2.45, 2.75) is 27.2 Å². The molecular weight excluding hydrogens is 224 g/mol. The Morgan fingerprint density at radius 3 is 2.72 bits per heavy atom. The molecule has 0 fully saturated rings. The van der Waals surface area contributed by atoms with Crippen LogP contribution in [-0.2, 0) is 6.42 Å². The molecule has 0 unspecified atom stereocenters. The fourth-order valence-electron chi connectivity index (χ4n) is 2.07. The third-order valence-electron chi connectivity index (χ3n) is 2.81. The molecule has 0 aliphatic rings. The van der Waals surface area contributed by atoms with Gasteiger partial charge in [0.1, 0.15) is 0 Å². The van der Waals surface area contributed by atoms with Crippen molar-refractivity contribution in [3.05, 3.63) is 41.2 Å². The van der Waals surface area contributed by atoms with Crippen LogP contribution in [-0.4, -0.2) is 22.5 Å². The van der Waals surface area contributed by atoms with Gasteiger partial charge in [0.15, 0.2) is 12.8 Å². The van der Waals surface area contributed by atoms with Gasteiger partial charge in [-0.1, -0.05) is 39.0 Å². The van der Waals surface area contributed by atoms with Crippen molar-refractivity contribution >= 4 is 17.1 Å². The molecule has 3 heteroatoms. The summed E-state index contributed by atoms with van der Waals surface area (Å²) in [5.41, 5.74) is 2.26. The van der Waals surface area contributed by atoms with Crippen LogP contribution in [0.5, 0.6) is 0 Å². The fraction of sp³-hybridized carbons (Fsp3) is 0.400. The summed E-state index contributed by atoms with van der Waals surface area (Å²) in [4.78, 5) is 3.23. The van der Waals surface area contributed by atoms with Gasteiger partial charge in [-0.05, 0) is 11.6 Å². The molecule has 0 bridgehead atoms. The van der Waals surface area contributed by atoms with Gasteiger partial charge >= 0.3 is 0 Å². The lowest BCUT2D eigenvalue weighted by atomic mass is 9.99. The van der Waals surface area contributed by atoms with Crippen molar-refractivity contribution in [1.82, 2.24) is 4.98 Å². The molecule has 0 radical (unpaired) electrons. The van der Waals surface area contributed by atoms with Crippen LogP contribution in [0.1, 0.15) is 26.3 Å². The Morgan fingerprint density at radius 1 is 1.28 bits per heavy atom. The molecular formula is C15H20N2O. The van der Waals surface area contributed by atoms with E-state index in [1.54, 1.807) is 6.21 Å². The van der Waals surface area contributed by atoms with Gasteiger partial charge in [-0.2, -0.15) is 0 Å². The molecule has 18 heavy (non-hydrogen) atoms. The minimum absolute atomic E-state index is 0.0675. The average Bonchev–Trinajstić information content (AvgIpc) is 2.67. The zero-order valence-electron chi connectivity index (χ0n) is 11.2. The first kappa shape index (κ1) is 12.7. The lowest BCUT2D eigenvalue weighted by molar-refractivity contribution is -0.455. The molecule has 0 aliphatic heterocycles. The normalized spacial score (nSPS) is 13.2. The molecule has 0 atom stereocenters. The Bertz CT molecular complexity index is 561. The molecule has 2 rings (SSSR count). The van der Waals surface area contributed by atoms with E-state index in [0.29, 0.717) is 6.54 Å². The number of aromatic nitrogens is 1. The van der Waals surface area contributed by atoms with Gasteiger partial charge in [-0.3, -0.25) is 0 Å². The zero-order chi connectivity index (χ0) is 13.2. The van der Waals surface area contributed by atoms with E-state index >= 15 is 0 Å². The number of fused-ring (bicyclic) bond motifs is 1. The number of nitrogens with one attached hydrogen (secondary N) is 1. The molecule has 1 heterocycles. The summed E-state index contributed by atoms with van der Waals surface area (Å²) < 4.78 is 1.04. The van der Waals surface area contributed by atoms with Gasteiger partial charge in [-0.25, -0.2) is 4.74 Å². The van der Waals surface area contributed by atoms with Crippen molar-refractivity contribution in [2.24, 2.45) is 5.41 Å². The number of nitrogens with zero attached hydrogens (tertiary/aromatic N) is 1. The lowest BCUT2D eigenvalue weighted by Crippen LogP contribution is -2.18. The van der Waals surface area contributed by atoms with Gasteiger partial charge in [0, 0.05) is 28.9 Å². The van der Waals surface area contributed by atoms with E-state index in [0.717, 1.165) is 16.7 Å². The average molecular weight is 244 g/mol. The Labute approximate surface area is 108 Å². The number of hydroxylamine groups is 1. The highest BCUT2D eigenvalue weighted by Gasteiger charge is 2.12. The number of para-hydroxylation sites is 1. The number of aromatic amines is 1. The van der Waals surface area contributed by atoms with Crippen LogP contribution in [0.15, 0.2) is 30.5 Å². The first-order valence-electron chi connectivity index (χ1n) is 6.30. The maximum Gasteiger partial charge on any atom is 0.157 e. The van der Waals surface area contributed by atoms with E-state index in [-0.39, 0.29) is 5.41 Å². The SMILES string of the molecule is CC(C)(C)/C=[N+](\[O-])CCc1c[nH]c2ccccc12. The molecule has 3 nitrogen and oxygen atoms in total. The number of hydrogen-bond acceptors (Lipinski definition) is 1. The van der Waals surface area contributed by atoms with Gasteiger partial charge in [0.2, 0.25) is 0 Å². The predicted molar refractivity (Wildman–Crippen MR) is 76.0 cm³/mol. The molecule has 0 saturated heterocycles. The van der Waals surface area contributed by atoms with E-state index in [9.17, 15) is 5.21 Å². The summed E-state index contributed by atoms with van der Waals surface area (Å²) in [6, 6.07) is 8.17. The van der Waals surface area contributed by atoms with E-state index < -0.39 is 0 Å². The largest absolute Gasteiger partial charge is 0.624 e. The summed E-state index contributed by atoms with van der Waals surface area (Å²) in [5.74, 6) is 0. The van der Waals surface area contributed by atoms with Gasteiger partial charge in [-0.15, -0.1) is 0 Å². The highest BCUT2D eigenvalue weighted by atomic mass is 16.5. The highest BCUT2D eigenvalue weighted by molar-refractivity contribution is 5.83. The second kappa shape index (κ2) is 4.84. The minimum Gasteiger partial charge on any atom is -0.624 e. The molecule has 1 aromatic heterocycles. The van der Waals surface area contributed by atoms with Crippen LogP contribution in [0.4, 0.5) is 0 Å². The number of hydrogen-bond donors (Lipinski definition) is 1.